The number of nitrogens with zero attached hydrogens (tertiary/aromatic N) is 5. The second kappa shape index (κ2) is 4.89. The van der Waals surface area contributed by atoms with Gasteiger partial charge in [0.25, 0.3) is 0 Å². The first kappa shape index (κ1) is 11.4. The van der Waals surface area contributed by atoms with Gasteiger partial charge in [0.2, 0.25) is 0 Å². The molecule has 7 heteroatoms. The molecule has 0 fully saturated rings. The van der Waals surface area contributed by atoms with Crippen LogP contribution in [0.1, 0.15) is 11.3 Å². The number of nitrogens with one attached hydrogen (secondary N) is 1. The average molecular weight is 256 g/mol. The van der Waals surface area contributed by atoms with Gasteiger partial charge < -0.3 is 9.73 Å². The highest BCUT2D eigenvalue weighted by molar-refractivity contribution is 5.54. The van der Waals surface area contributed by atoms with Crippen LogP contribution >= 0.6 is 0 Å². The minimum atomic E-state index is 0.581. The Hall–Kier alpha value is -2.70. The van der Waals surface area contributed by atoms with E-state index in [0.29, 0.717) is 6.54 Å². The van der Waals surface area contributed by atoms with E-state index in [1.165, 1.54) is 6.39 Å². The Labute approximate surface area is 109 Å². The number of hydrogen-bond acceptors (Lipinski definition) is 6. The van der Waals surface area contributed by atoms with Gasteiger partial charge in [-0.3, -0.25) is 0 Å². The summed E-state index contributed by atoms with van der Waals surface area (Å²) >= 11 is 0. The molecule has 0 aliphatic carbocycles. The smallest absolute Gasteiger partial charge is 0.180 e. The Balaban J connectivity index is 1.81. The van der Waals surface area contributed by atoms with E-state index in [2.05, 4.69) is 25.8 Å². The van der Waals surface area contributed by atoms with Crippen LogP contribution < -0.4 is 5.32 Å². The van der Waals surface area contributed by atoms with Gasteiger partial charge >= 0.3 is 0 Å². The van der Waals surface area contributed by atoms with Crippen molar-refractivity contribution in [3.05, 3.63) is 48.4 Å². The van der Waals surface area contributed by atoms with Crippen LogP contribution in [0.25, 0.3) is 5.69 Å². The second-order valence-electron chi connectivity index (χ2n) is 4.08. The highest BCUT2D eigenvalue weighted by atomic mass is 16.3. The summed E-state index contributed by atoms with van der Waals surface area (Å²) in [5, 5.41) is 14.4. The van der Waals surface area contributed by atoms with Crippen LogP contribution in [0.4, 0.5) is 5.69 Å². The maximum absolute atomic E-state index is 5.17. The van der Waals surface area contributed by atoms with Crippen molar-refractivity contribution in [2.24, 2.45) is 0 Å². The van der Waals surface area contributed by atoms with Crippen molar-refractivity contribution < 1.29 is 4.42 Å². The summed E-state index contributed by atoms with van der Waals surface area (Å²) in [5.74, 6) is 0.782. The number of aromatic nitrogens is 5. The lowest BCUT2D eigenvalue weighted by atomic mass is 10.2. The van der Waals surface area contributed by atoms with Crippen molar-refractivity contribution in [2.75, 3.05) is 5.32 Å². The maximum atomic E-state index is 5.17. The molecule has 0 aliphatic heterocycles. The third-order valence-electron chi connectivity index (χ3n) is 2.76. The molecule has 0 saturated carbocycles. The zero-order chi connectivity index (χ0) is 13.1. The molecule has 0 amide bonds. The predicted octanol–water partition coefficient (Wildman–Crippen LogP) is 1.57. The third-order valence-corrected chi connectivity index (χ3v) is 2.76. The summed E-state index contributed by atoms with van der Waals surface area (Å²) in [4.78, 5) is 3.87. The number of benzene rings is 1. The fraction of sp³-hybridized carbons (Fsp3) is 0.167. The quantitative estimate of drug-likeness (QED) is 0.763. The average Bonchev–Trinajstić information content (AvgIpc) is 3.11. The molecule has 96 valence electrons. The van der Waals surface area contributed by atoms with Gasteiger partial charge in [-0.05, 0) is 35.0 Å². The number of oxazole rings is 1. The van der Waals surface area contributed by atoms with Gasteiger partial charge in [-0.25, -0.2) is 9.67 Å². The van der Waals surface area contributed by atoms with E-state index in [1.807, 2.05) is 25.1 Å². The van der Waals surface area contributed by atoms with Gasteiger partial charge in [0.1, 0.15) is 12.1 Å². The van der Waals surface area contributed by atoms with Gasteiger partial charge in [0.05, 0.1) is 18.4 Å². The molecule has 0 aliphatic rings. The predicted molar refractivity (Wildman–Crippen MR) is 67.7 cm³/mol. The number of tetrazole rings is 1. The summed E-state index contributed by atoms with van der Waals surface area (Å²) in [7, 11) is 0. The summed E-state index contributed by atoms with van der Waals surface area (Å²) in [6.07, 6.45) is 4.67. The van der Waals surface area contributed by atoms with E-state index in [4.69, 9.17) is 4.42 Å². The Morgan fingerprint density at radius 2 is 2.32 bits per heavy atom. The molecule has 0 unspecified atom stereocenters. The van der Waals surface area contributed by atoms with Crippen molar-refractivity contribution in [2.45, 2.75) is 13.5 Å². The first-order valence-electron chi connectivity index (χ1n) is 5.78. The number of hydrogen-bond donors (Lipinski definition) is 1. The number of aryl methyl sites for hydroxylation is 1. The highest BCUT2D eigenvalue weighted by Gasteiger charge is 2.04. The molecule has 0 bridgehead atoms. The molecular weight excluding hydrogens is 244 g/mol. The first-order valence-corrected chi connectivity index (χ1v) is 5.78. The summed E-state index contributed by atoms with van der Waals surface area (Å²) in [5.41, 5.74) is 3.00. The molecule has 2 heterocycles. The largest absolute Gasteiger partial charge is 0.447 e. The normalized spacial score (nSPS) is 10.6. The third kappa shape index (κ3) is 2.44. The van der Waals surface area contributed by atoms with Crippen LogP contribution in [-0.4, -0.2) is 25.2 Å². The van der Waals surface area contributed by atoms with Crippen LogP contribution in [-0.2, 0) is 6.54 Å². The number of anilines is 1. The van der Waals surface area contributed by atoms with Crippen molar-refractivity contribution in [1.29, 1.82) is 0 Å². The van der Waals surface area contributed by atoms with E-state index in [-0.39, 0.29) is 0 Å². The van der Waals surface area contributed by atoms with Crippen LogP contribution in [0.5, 0.6) is 0 Å². The maximum Gasteiger partial charge on any atom is 0.180 e. The van der Waals surface area contributed by atoms with E-state index in [9.17, 15) is 0 Å². The highest BCUT2D eigenvalue weighted by Crippen LogP contribution is 2.18. The lowest BCUT2D eigenvalue weighted by Crippen LogP contribution is -2.02. The Morgan fingerprint density at radius 1 is 1.37 bits per heavy atom. The molecule has 2 aromatic heterocycles. The van der Waals surface area contributed by atoms with Crippen molar-refractivity contribution in [3.63, 3.8) is 0 Å². The van der Waals surface area contributed by atoms with Crippen molar-refractivity contribution in [3.8, 4) is 5.69 Å². The molecule has 0 saturated heterocycles. The van der Waals surface area contributed by atoms with Crippen LogP contribution in [0, 0.1) is 6.92 Å². The fourth-order valence-corrected chi connectivity index (χ4v) is 1.76. The fourth-order valence-electron chi connectivity index (χ4n) is 1.76. The summed E-state index contributed by atoms with van der Waals surface area (Å²) in [6, 6.07) is 6.00. The molecule has 0 atom stereocenters. The standard InChI is InChI=1S/C12H12N6O/c1-9-2-3-10(14-6-11-5-13-8-19-11)4-12(9)18-7-15-16-17-18/h2-5,7-8,14H,6H2,1H3. The van der Waals surface area contributed by atoms with Gasteiger partial charge in [0.15, 0.2) is 6.39 Å². The monoisotopic (exact) mass is 256 g/mol. The Morgan fingerprint density at radius 3 is 3.05 bits per heavy atom. The van der Waals surface area contributed by atoms with Crippen molar-refractivity contribution in [1.82, 2.24) is 25.2 Å². The molecule has 19 heavy (non-hydrogen) atoms. The molecular formula is C12H12N6O. The molecule has 0 spiro atoms. The minimum Gasteiger partial charge on any atom is -0.447 e. The minimum absolute atomic E-state index is 0.581. The zero-order valence-electron chi connectivity index (χ0n) is 10.3. The molecule has 1 aromatic carbocycles. The lowest BCUT2D eigenvalue weighted by molar-refractivity contribution is 0.512. The second-order valence-corrected chi connectivity index (χ2v) is 4.08. The Bertz CT molecular complexity index is 647. The molecule has 3 rings (SSSR count). The summed E-state index contributed by atoms with van der Waals surface area (Å²) in [6.45, 7) is 2.59. The molecule has 7 nitrogen and oxygen atoms in total. The van der Waals surface area contributed by atoms with Gasteiger partial charge in [0, 0.05) is 5.69 Å². The van der Waals surface area contributed by atoms with Gasteiger partial charge in [-0.1, -0.05) is 6.07 Å². The molecule has 1 N–H and O–H groups in total. The lowest BCUT2D eigenvalue weighted by Gasteiger charge is -2.09. The van der Waals surface area contributed by atoms with Crippen molar-refractivity contribution >= 4 is 5.69 Å². The van der Waals surface area contributed by atoms with E-state index in [1.54, 1.807) is 17.2 Å². The van der Waals surface area contributed by atoms with Gasteiger partial charge in [-0.15, -0.1) is 5.10 Å². The first-order chi connectivity index (χ1) is 9.33. The Kier molecular flexibility index (Phi) is 2.93. The van der Waals surface area contributed by atoms with Crippen LogP contribution in [0.15, 0.2) is 41.5 Å². The molecule has 0 radical (unpaired) electrons. The SMILES string of the molecule is Cc1ccc(NCc2cnco2)cc1-n1cnnn1. The van der Waals surface area contributed by atoms with E-state index >= 15 is 0 Å². The van der Waals surface area contributed by atoms with E-state index in [0.717, 1.165) is 22.7 Å². The van der Waals surface area contributed by atoms with Crippen LogP contribution in [0.3, 0.4) is 0 Å². The zero-order valence-corrected chi connectivity index (χ0v) is 10.3. The topological polar surface area (TPSA) is 81.7 Å². The molecule has 3 aromatic rings. The van der Waals surface area contributed by atoms with Gasteiger partial charge in [-0.2, -0.15) is 0 Å². The van der Waals surface area contributed by atoms with Crippen LogP contribution in [0.2, 0.25) is 0 Å². The number of rotatable bonds is 4. The van der Waals surface area contributed by atoms with E-state index < -0.39 is 0 Å². The summed E-state index contributed by atoms with van der Waals surface area (Å²) < 4.78 is 6.80.